The fourth-order valence-electron chi connectivity index (χ4n) is 2.78. The molecule has 5 nitrogen and oxygen atoms in total. The maximum atomic E-state index is 12.2. The topological polar surface area (TPSA) is 38.8 Å². The van der Waals surface area contributed by atoms with Gasteiger partial charge in [-0.25, -0.2) is 0 Å². The maximum absolute atomic E-state index is 12.2. The summed E-state index contributed by atoms with van der Waals surface area (Å²) >= 11 is 0. The molecule has 19 heavy (non-hydrogen) atoms. The number of rotatable bonds is 4. The molecule has 2 rings (SSSR count). The standard InChI is InChI=1S/C14H27N4O/c1-13(15-2)17-10-8-16(9-11-17)12-14(19)18-6-4-3-5-7-18/h3,13,15H,4-12H2,1-2H3. The van der Waals surface area contributed by atoms with Crippen molar-refractivity contribution < 1.29 is 4.79 Å². The van der Waals surface area contributed by atoms with Crippen LogP contribution in [0.2, 0.25) is 0 Å². The van der Waals surface area contributed by atoms with Gasteiger partial charge in [-0.15, -0.1) is 0 Å². The van der Waals surface area contributed by atoms with Crippen LogP contribution in [0.15, 0.2) is 0 Å². The smallest absolute Gasteiger partial charge is 0.236 e. The number of hydrogen-bond acceptors (Lipinski definition) is 4. The molecule has 1 radical (unpaired) electrons. The van der Waals surface area contributed by atoms with Crippen molar-refractivity contribution in [2.75, 3.05) is 52.9 Å². The first-order valence-corrected chi connectivity index (χ1v) is 7.44. The van der Waals surface area contributed by atoms with Crippen molar-refractivity contribution in [3.05, 3.63) is 6.42 Å². The molecular weight excluding hydrogens is 240 g/mol. The van der Waals surface area contributed by atoms with E-state index in [0.717, 1.165) is 52.1 Å². The number of amides is 1. The Morgan fingerprint density at radius 1 is 1.16 bits per heavy atom. The number of piperazine rings is 1. The summed E-state index contributed by atoms with van der Waals surface area (Å²) in [5, 5.41) is 3.27. The third kappa shape index (κ3) is 4.16. The summed E-state index contributed by atoms with van der Waals surface area (Å²) in [7, 11) is 1.99. The Morgan fingerprint density at radius 3 is 2.37 bits per heavy atom. The molecule has 0 spiro atoms. The minimum Gasteiger partial charge on any atom is -0.342 e. The number of carbonyl (C=O) groups excluding carboxylic acids is 1. The van der Waals surface area contributed by atoms with Crippen LogP contribution in [0.5, 0.6) is 0 Å². The zero-order valence-electron chi connectivity index (χ0n) is 12.3. The zero-order valence-corrected chi connectivity index (χ0v) is 12.3. The third-order valence-electron chi connectivity index (χ3n) is 4.29. The first kappa shape index (κ1) is 14.8. The summed E-state index contributed by atoms with van der Waals surface area (Å²) in [6, 6.07) is 0. The molecule has 2 heterocycles. The number of nitrogens with zero attached hydrogens (tertiary/aromatic N) is 3. The molecule has 2 aliphatic rings. The second kappa shape index (κ2) is 7.22. The van der Waals surface area contributed by atoms with Crippen LogP contribution in [0.3, 0.4) is 0 Å². The number of piperidine rings is 1. The number of nitrogens with one attached hydrogen (secondary N) is 1. The average molecular weight is 267 g/mol. The van der Waals surface area contributed by atoms with Crippen molar-refractivity contribution in [2.45, 2.75) is 25.9 Å². The molecule has 2 saturated heterocycles. The van der Waals surface area contributed by atoms with Crippen LogP contribution in [0.25, 0.3) is 0 Å². The van der Waals surface area contributed by atoms with Gasteiger partial charge in [0.25, 0.3) is 0 Å². The van der Waals surface area contributed by atoms with Crippen molar-refractivity contribution in [3.8, 4) is 0 Å². The Balaban J connectivity index is 1.71. The van der Waals surface area contributed by atoms with Crippen molar-refractivity contribution in [1.29, 1.82) is 0 Å². The van der Waals surface area contributed by atoms with Crippen LogP contribution in [0.4, 0.5) is 0 Å². The Hall–Kier alpha value is -0.650. The van der Waals surface area contributed by atoms with Gasteiger partial charge < -0.3 is 10.2 Å². The summed E-state index contributed by atoms with van der Waals surface area (Å²) in [4.78, 5) is 18.9. The van der Waals surface area contributed by atoms with Gasteiger partial charge in [-0.1, -0.05) is 0 Å². The molecule has 0 bridgehead atoms. The maximum Gasteiger partial charge on any atom is 0.236 e. The molecule has 0 aromatic carbocycles. The molecule has 1 unspecified atom stereocenters. The van der Waals surface area contributed by atoms with Gasteiger partial charge in [0.05, 0.1) is 12.7 Å². The molecule has 1 amide bonds. The summed E-state index contributed by atoms with van der Waals surface area (Å²) in [6.45, 7) is 8.69. The van der Waals surface area contributed by atoms with Gasteiger partial charge in [0.15, 0.2) is 0 Å². The van der Waals surface area contributed by atoms with Crippen molar-refractivity contribution >= 4 is 5.91 Å². The molecule has 5 heteroatoms. The van der Waals surface area contributed by atoms with Gasteiger partial charge in [0.1, 0.15) is 0 Å². The van der Waals surface area contributed by atoms with Gasteiger partial charge in [-0.2, -0.15) is 0 Å². The second-order valence-corrected chi connectivity index (χ2v) is 5.52. The van der Waals surface area contributed by atoms with Crippen LogP contribution < -0.4 is 5.32 Å². The lowest BCUT2D eigenvalue weighted by Crippen LogP contribution is -2.54. The Bertz CT molecular complexity index is 283. The Labute approximate surface area is 116 Å². The molecule has 0 saturated carbocycles. The first-order chi connectivity index (χ1) is 9.20. The lowest BCUT2D eigenvalue weighted by atomic mass is 10.1. The van der Waals surface area contributed by atoms with E-state index in [0.29, 0.717) is 18.6 Å². The van der Waals surface area contributed by atoms with E-state index in [1.807, 2.05) is 11.9 Å². The van der Waals surface area contributed by atoms with Crippen LogP contribution in [0.1, 0.15) is 19.8 Å². The first-order valence-electron chi connectivity index (χ1n) is 7.44. The molecular formula is C14H27N4O. The highest BCUT2D eigenvalue weighted by Crippen LogP contribution is 2.10. The van der Waals surface area contributed by atoms with Gasteiger partial charge in [-0.05, 0) is 33.2 Å². The lowest BCUT2D eigenvalue weighted by Gasteiger charge is -2.38. The summed E-state index contributed by atoms with van der Waals surface area (Å²) in [5.74, 6) is 0.309. The number of carbonyl (C=O) groups is 1. The molecule has 0 aromatic heterocycles. The second-order valence-electron chi connectivity index (χ2n) is 5.52. The molecule has 2 fully saturated rings. The lowest BCUT2D eigenvalue weighted by molar-refractivity contribution is -0.133. The van der Waals surface area contributed by atoms with Crippen molar-refractivity contribution in [1.82, 2.24) is 20.0 Å². The number of likely N-dealkylation sites (tertiary alicyclic amines) is 1. The molecule has 109 valence electrons. The highest BCUT2D eigenvalue weighted by molar-refractivity contribution is 5.78. The highest BCUT2D eigenvalue weighted by Gasteiger charge is 2.24. The van der Waals surface area contributed by atoms with Gasteiger partial charge in [-0.3, -0.25) is 14.6 Å². The summed E-state index contributed by atoms with van der Waals surface area (Å²) < 4.78 is 0. The predicted octanol–water partition coefficient (Wildman–Crippen LogP) is -0.00391. The Kier molecular flexibility index (Phi) is 5.60. The van der Waals surface area contributed by atoms with Crippen molar-refractivity contribution in [3.63, 3.8) is 0 Å². The van der Waals surface area contributed by atoms with Crippen LogP contribution >= 0.6 is 0 Å². The van der Waals surface area contributed by atoms with E-state index >= 15 is 0 Å². The van der Waals surface area contributed by atoms with E-state index in [9.17, 15) is 4.79 Å². The predicted molar refractivity (Wildman–Crippen MR) is 76.6 cm³/mol. The molecule has 0 aliphatic carbocycles. The van der Waals surface area contributed by atoms with Gasteiger partial charge in [0, 0.05) is 39.3 Å². The van der Waals surface area contributed by atoms with Gasteiger partial charge in [0.2, 0.25) is 5.91 Å². The van der Waals surface area contributed by atoms with E-state index < -0.39 is 0 Å². The Morgan fingerprint density at radius 2 is 1.79 bits per heavy atom. The van der Waals surface area contributed by atoms with E-state index in [1.54, 1.807) is 0 Å². The van der Waals surface area contributed by atoms with E-state index in [1.165, 1.54) is 0 Å². The SMILES string of the molecule is CNC(C)N1CCN(CC(=O)N2CC[CH]CC2)CC1. The third-order valence-corrected chi connectivity index (χ3v) is 4.29. The zero-order chi connectivity index (χ0) is 13.7. The minimum absolute atomic E-state index is 0.309. The van der Waals surface area contributed by atoms with E-state index in [4.69, 9.17) is 0 Å². The minimum atomic E-state index is 0.309. The molecule has 1 atom stereocenters. The summed E-state index contributed by atoms with van der Waals surface area (Å²) in [6.07, 6.45) is 4.82. The summed E-state index contributed by atoms with van der Waals surface area (Å²) in [5.41, 5.74) is 0. The van der Waals surface area contributed by atoms with Crippen molar-refractivity contribution in [2.24, 2.45) is 0 Å². The average Bonchev–Trinajstić information content (AvgIpc) is 2.48. The van der Waals surface area contributed by atoms with Crippen LogP contribution in [-0.2, 0) is 4.79 Å². The fraction of sp³-hybridized carbons (Fsp3) is 0.857. The highest BCUT2D eigenvalue weighted by atomic mass is 16.2. The van der Waals surface area contributed by atoms with Crippen LogP contribution in [-0.4, -0.2) is 79.6 Å². The van der Waals surface area contributed by atoms with E-state index in [2.05, 4.69) is 28.5 Å². The molecule has 2 aliphatic heterocycles. The fourth-order valence-corrected chi connectivity index (χ4v) is 2.78. The van der Waals surface area contributed by atoms with Crippen LogP contribution in [0, 0.1) is 6.42 Å². The molecule has 1 N–H and O–H groups in total. The normalized spacial score (nSPS) is 24.4. The van der Waals surface area contributed by atoms with Gasteiger partial charge >= 0.3 is 0 Å². The molecule has 0 aromatic rings. The van der Waals surface area contributed by atoms with E-state index in [-0.39, 0.29) is 0 Å². The quantitative estimate of drug-likeness (QED) is 0.778. The monoisotopic (exact) mass is 267 g/mol. The largest absolute Gasteiger partial charge is 0.342 e. The number of hydrogen-bond donors (Lipinski definition) is 1.